The van der Waals surface area contributed by atoms with Crippen molar-refractivity contribution in [2.24, 2.45) is 0 Å². The number of carboxylic acid groups (broad SMARTS) is 1. The maximum absolute atomic E-state index is 12.9. The number of pyridine rings is 1. The zero-order valence-corrected chi connectivity index (χ0v) is 19.0. The van der Waals surface area contributed by atoms with Crippen molar-refractivity contribution in [3.63, 3.8) is 0 Å². The largest absolute Gasteiger partial charge is 0.477 e. The highest BCUT2D eigenvalue weighted by atomic mass is 32.1. The molecule has 0 fully saturated rings. The van der Waals surface area contributed by atoms with Gasteiger partial charge in [-0.1, -0.05) is 96.3 Å². The fourth-order valence-corrected chi connectivity index (χ4v) is 4.85. The Hall–Kier alpha value is -4.23. The summed E-state index contributed by atoms with van der Waals surface area (Å²) in [6, 6.07) is 27.9. The van der Waals surface area contributed by atoms with E-state index >= 15 is 0 Å². The Bertz CT molecular complexity index is 1530. The van der Waals surface area contributed by atoms with Gasteiger partial charge in [0.25, 0.3) is 0 Å². The molecule has 2 aromatic heterocycles. The highest BCUT2D eigenvalue weighted by molar-refractivity contribution is 7.21. The Morgan fingerprint density at radius 2 is 1.62 bits per heavy atom. The van der Waals surface area contributed by atoms with E-state index in [1.54, 1.807) is 0 Å². The van der Waals surface area contributed by atoms with E-state index in [4.69, 9.17) is 0 Å². The molecule has 5 aromatic rings. The molecule has 0 aliphatic rings. The lowest BCUT2D eigenvalue weighted by atomic mass is 9.99. The second-order valence-electron chi connectivity index (χ2n) is 7.84. The molecule has 3 aromatic carbocycles. The molecule has 0 aliphatic carbocycles. The molecular weight excluding hydrogens is 446 g/mol. The first-order valence-electron chi connectivity index (χ1n) is 10.8. The van der Waals surface area contributed by atoms with Crippen molar-refractivity contribution in [1.82, 2.24) is 9.55 Å². The molecular formula is C27H21N3O3S. The molecule has 6 nitrogen and oxygen atoms in total. The molecule has 5 rings (SSSR count). The van der Waals surface area contributed by atoms with E-state index in [0.29, 0.717) is 23.1 Å². The summed E-state index contributed by atoms with van der Waals surface area (Å²) in [5, 5.41) is 13.5. The van der Waals surface area contributed by atoms with Crippen LogP contribution in [0.5, 0.6) is 0 Å². The number of aromatic nitrogens is 2. The van der Waals surface area contributed by atoms with Crippen LogP contribution in [0.15, 0.2) is 95.9 Å². The van der Waals surface area contributed by atoms with Crippen molar-refractivity contribution >= 4 is 32.8 Å². The van der Waals surface area contributed by atoms with E-state index in [1.807, 2.05) is 89.5 Å². The Morgan fingerprint density at radius 1 is 0.941 bits per heavy atom. The van der Waals surface area contributed by atoms with Gasteiger partial charge >= 0.3 is 5.97 Å². The number of benzene rings is 3. The van der Waals surface area contributed by atoms with E-state index in [2.05, 4.69) is 10.3 Å². The number of carbonyl (C=O) groups is 1. The van der Waals surface area contributed by atoms with Gasteiger partial charge in [-0.3, -0.25) is 4.79 Å². The Balaban J connectivity index is 1.57. The van der Waals surface area contributed by atoms with Crippen LogP contribution in [0.1, 0.15) is 21.5 Å². The van der Waals surface area contributed by atoms with Gasteiger partial charge < -0.3 is 15.0 Å². The number of fused-ring (bicyclic) bond motifs is 1. The summed E-state index contributed by atoms with van der Waals surface area (Å²) in [5.41, 5.74) is 3.53. The van der Waals surface area contributed by atoms with Crippen LogP contribution in [0, 0.1) is 0 Å². The Kier molecular flexibility index (Phi) is 5.93. The first-order valence-corrected chi connectivity index (χ1v) is 11.6. The molecule has 168 valence electrons. The number of hydrogen-bond acceptors (Lipinski definition) is 5. The maximum Gasteiger partial charge on any atom is 0.341 e. The van der Waals surface area contributed by atoms with Gasteiger partial charge in [0.2, 0.25) is 5.43 Å². The first-order chi connectivity index (χ1) is 16.6. The molecule has 0 atom stereocenters. The van der Waals surface area contributed by atoms with Crippen LogP contribution in [0.3, 0.4) is 0 Å². The monoisotopic (exact) mass is 467 g/mol. The number of hydrogen-bond donors (Lipinski definition) is 2. The summed E-state index contributed by atoms with van der Waals surface area (Å²) in [7, 11) is 0. The number of anilines is 1. The number of aromatic carboxylic acids is 1. The summed E-state index contributed by atoms with van der Waals surface area (Å²) in [5.74, 6) is -1.26. The van der Waals surface area contributed by atoms with Gasteiger partial charge in [-0.15, -0.1) is 0 Å². The van der Waals surface area contributed by atoms with Crippen LogP contribution < -0.4 is 10.7 Å². The maximum atomic E-state index is 12.9. The highest BCUT2D eigenvalue weighted by Gasteiger charge is 2.19. The lowest BCUT2D eigenvalue weighted by molar-refractivity contribution is 0.0695. The number of nitrogens with one attached hydrogen (secondary N) is 1. The molecule has 2 heterocycles. The summed E-state index contributed by atoms with van der Waals surface area (Å²) >= 11 is 1.35. The molecule has 2 N–H and O–H groups in total. The minimum absolute atomic E-state index is 0.164. The topological polar surface area (TPSA) is 84.2 Å². The molecule has 7 heteroatoms. The molecule has 0 saturated carbocycles. The summed E-state index contributed by atoms with van der Waals surface area (Å²) in [6.45, 7) is 0.958. The van der Waals surface area contributed by atoms with Gasteiger partial charge in [0, 0.05) is 19.3 Å². The number of thiazole rings is 1. The van der Waals surface area contributed by atoms with Crippen LogP contribution in [0.4, 0.5) is 5.13 Å². The molecule has 0 radical (unpaired) electrons. The van der Waals surface area contributed by atoms with E-state index < -0.39 is 11.4 Å². The van der Waals surface area contributed by atoms with Crippen LogP contribution in [0.2, 0.25) is 0 Å². The summed E-state index contributed by atoms with van der Waals surface area (Å²) in [4.78, 5) is 29.8. The highest BCUT2D eigenvalue weighted by Crippen LogP contribution is 2.28. The van der Waals surface area contributed by atoms with Gasteiger partial charge in [-0.2, -0.15) is 0 Å². The molecule has 0 amide bonds. The lowest BCUT2D eigenvalue weighted by Crippen LogP contribution is -2.19. The minimum atomic E-state index is -1.26. The zero-order chi connectivity index (χ0) is 23.5. The quantitative estimate of drug-likeness (QED) is 0.331. The van der Waals surface area contributed by atoms with Gasteiger partial charge in [-0.25, -0.2) is 9.78 Å². The molecule has 0 spiro atoms. The molecule has 34 heavy (non-hydrogen) atoms. The van der Waals surface area contributed by atoms with Gasteiger partial charge in [-0.05, 0) is 22.3 Å². The normalized spacial score (nSPS) is 10.9. The van der Waals surface area contributed by atoms with E-state index in [1.165, 1.54) is 17.5 Å². The molecule has 0 saturated heterocycles. The molecule has 0 bridgehead atoms. The van der Waals surface area contributed by atoms with Gasteiger partial charge in [0.15, 0.2) is 5.13 Å². The van der Waals surface area contributed by atoms with Crippen molar-refractivity contribution in [2.45, 2.75) is 13.1 Å². The third-order valence-electron chi connectivity index (χ3n) is 5.57. The number of carboxylic acids is 1. The van der Waals surface area contributed by atoms with Gasteiger partial charge in [0.05, 0.1) is 0 Å². The fraction of sp³-hybridized carbons (Fsp3) is 0.0741. The SMILES string of the molecule is O=C(O)c1cn(Cc2ccccc2-c2ccccc2)c2sc(NCc3ccccc3)nc2c1=O. The van der Waals surface area contributed by atoms with Crippen molar-refractivity contribution in [3.05, 3.63) is 118 Å². The second-order valence-corrected chi connectivity index (χ2v) is 8.82. The van der Waals surface area contributed by atoms with E-state index in [-0.39, 0.29) is 11.1 Å². The standard InChI is InChI=1S/C27H21N3O3S/c31-24-22(26(32)33)17-30(16-20-13-7-8-14-21(20)19-11-5-2-6-12-19)25-23(24)29-27(34-25)28-15-18-9-3-1-4-10-18/h1-14,17H,15-16H2,(H,28,29)(H,32,33). The third-order valence-corrected chi connectivity index (χ3v) is 6.62. The summed E-state index contributed by atoms with van der Waals surface area (Å²) < 4.78 is 1.81. The lowest BCUT2D eigenvalue weighted by Gasteiger charge is -2.13. The van der Waals surface area contributed by atoms with E-state index in [9.17, 15) is 14.7 Å². The number of nitrogens with zero attached hydrogens (tertiary/aromatic N) is 2. The Labute approximate surface area is 199 Å². The first kappa shape index (κ1) is 21.6. The van der Waals surface area contributed by atoms with Gasteiger partial charge in [0.1, 0.15) is 15.9 Å². The average Bonchev–Trinajstić information content (AvgIpc) is 3.31. The fourth-order valence-electron chi connectivity index (χ4n) is 3.92. The van der Waals surface area contributed by atoms with Crippen molar-refractivity contribution < 1.29 is 9.90 Å². The minimum Gasteiger partial charge on any atom is -0.477 e. The zero-order valence-electron chi connectivity index (χ0n) is 18.1. The third kappa shape index (κ3) is 4.33. The summed E-state index contributed by atoms with van der Waals surface area (Å²) in [6.07, 6.45) is 1.42. The Morgan fingerprint density at radius 3 is 2.35 bits per heavy atom. The average molecular weight is 468 g/mol. The number of rotatable bonds is 7. The molecule has 0 unspecified atom stereocenters. The van der Waals surface area contributed by atoms with Crippen LogP contribution in [-0.4, -0.2) is 20.6 Å². The van der Waals surface area contributed by atoms with E-state index in [0.717, 1.165) is 22.3 Å². The van der Waals surface area contributed by atoms with Crippen LogP contribution >= 0.6 is 11.3 Å². The van der Waals surface area contributed by atoms with Crippen LogP contribution in [0.25, 0.3) is 21.5 Å². The predicted octanol–water partition coefficient (Wildman–Crippen LogP) is 5.48. The smallest absolute Gasteiger partial charge is 0.341 e. The second kappa shape index (κ2) is 9.33. The molecule has 0 aliphatic heterocycles. The van der Waals surface area contributed by atoms with Crippen molar-refractivity contribution in [3.8, 4) is 11.1 Å². The van der Waals surface area contributed by atoms with Crippen molar-refractivity contribution in [1.29, 1.82) is 0 Å². The predicted molar refractivity (Wildman–Crippen MR) is 136 cm³/mol. The van der Waals surface area contributed by atoms with Crippen molar-refractivity contribution in [2.75, 3.05) is 5.32 Å². The van der Waals surface area contributed by atoms with Crippen LogP contribution in [-0.2, 0) is 13.1 Å².